The normalized spacial score (nSPS) is 12.4. The molecule has 0 aliphatic rings. The average molecular weight is 430 g/mol. The first-order chi connectivity index (χ1) is 14.2. The third kappa shape index (κ3) is 4.65. The van der Waals surface area contributed by atoms with Gasteiger partial charge in [0.1, 0.15) is 5.25 Å². The first kappa shape index (κ1) is 21.4. The lowest BCUT2D eigenvalue weighted by Gasteiger charge is -2.18. The van der Waals surface area contributed by atoms with Crippen LogP contribution in [0.25, 0.3) is 0 Å². The number of halogens is 3. The van der Waals surface area contributed by atoms with Crippen LogP contribution in [-0.4, -0.2) is 11.7 Å². The molecule has 0 saturated heterocycles. The second kappa shape index (κ2) is 8.62. The third-order valence-corrected chi connectivity index (χ3v) is 5.66. The number of hydrogen-bond acceptors (Lipinski definition) is 4. The number of benzene rings is 3. The maximum absolute atomic E-state index is 12.8. The molecule has 3 aromatic rings. The lowest BCUT2D eigenvalue weighted by Crippen LogP contribution is -2.21. The lowest BCUT2D eigenvalue weighted by molar-refractivity contribution is -0.137. The van der Waals surface area contributed by atoms with Crippen molar-refractivity contribution in [2.75, 3.05) is 5.73 Å². The van der Waals surface area contributed by atoms with Crippen LogP contribution in [-0.2, 0) is 11.0 Å². The van der Waals surface area contributed by atoms with Crippen LogP contribution in [0.1, 0.15) is 32.3 Å². The van der Waals surface area contributed by atoms with Crippen LogP contribution in [0.15, 0.2) is 77.7 Å². The SMILES string of the molecule is NC(=O)C(Sc1ccccc1)c1cccc(C(=O)c2ccc(C(F)(F)F)cc2)c1N. The highest BCUT2D eigenvalue weighted by atomic mass is 32.2. The molecule has 4 N–H and O–H groups in total. The van der Waals surface area contributed by atoms with Crippen molar-refractivity contribution in [3.8, 4) is 0 Å². The average Bonchev–Trinajstić information content (AvgIpc) is 2.72. The topological polar surface area (TPSA) is 86.2 Å². The zero-order valence-corrected chi connectivity index (χ0v) is 16.3. The number of carbonyl (C=O) groups excluding carboxylic acids is 2. The number of alkyl halides is 3. The second-order valence-electron chi connectivity index (χ2n) is 6.43. The molecule has 3 rings (SSSR count). The molecule has 8 heteroatoms. The van der Waals surface area contributed by atoms with Crippen LogP contribution >= 0.6 is 11.8 Å². The molecule has 4 nitrogen and oxygen atoms in total. The summed E-state index contributed by atoms with van der Waals surface area (Å²) in [7, 11) is 0. The van der Waals surface area contributed by atoms with E-state index in [1.807, 2.05) is 30.3 Å². The van der Waals surface area contributed by atoms with E-state index in [0.29, 0.717) is 5.56 Å². The molecule has 30 heavy (non-hydrogen) atoms. The molecule has 3 aromatic carbocycles. The number of hydrogen-bond donors (Lipinski definition) is 2. The van der Waals surface area contributed by atoms with Gasteiger partial charge in [0.05, 0.1) is 5.56 Å². The molecule has 0 heterocycles. The van der Waals surface area contributed by atoms with Gasteiger partial charge in [0.2, 0.25) is 5.91 Å². The fraction of sp³-hybridized carbons (Fsp3) is 0.0909. The Balaban J connectivity index is 1.95. The summed E-state index contributed by atoms with van der Waals surface area (Å²) in [6, 6.07) is 17.6. The van der Waals surface area contributed by atoms with E-state index in [4.69, 9.17) is 11.5 Å². The van der Waals surface area contributed by atoms with Crippen molar-refractivity contribution in [2.24, 2.45) is 5.73 Å². The van der Waals surface area contributed by atoms with Crippen LogP contribution in [0, 0.1) is 0 Å². The smallest absolute Gasteiger partial charge is 0.398 e. The van der Waals surface area contributed by atoms with Crippen molar-refractivity contribution >= 4 is 29.1 Å². The summed E-state index contributed by atoms with van der Waals surface area (Å²) in [5.41, 5.74) is 11.5. The molecule has 1 amide bonds. The monoisotopic (exact) mass is 430 g/mol. The number of para-hydroxylation sites is 1. The van der Waals surface area contributed by atoms with E-state index < -0.39 is 28.7 Å². The number of primary amides is 1. The van der Waals surface area contributed by atoms with Crippen molar-refractivity contribution in [3.63, 3.8) is 0 Å². The van der Waals surface area contributed by atoms with Crippen LogP contribution < -0.4 is 11.5 Å². The van der Waals surface area contributed by atoms with Gasteiger partial charge in [-0.15, -0.1) is 11.8 Å². The highest BCUT2D eigenvalue weighted by Gasteiger charge is 2.30. The van der Waals surface area contributed by atoms with Gasteiger partial charge in [-0.1, -0.05) is 42.5 Å². The lowest BCUT2D eigenvalue weighted by atomic mass is 9.97. The number of anilines is 1. The number of thioether (sulfide) groups is 1. The maximum atomic E-state index is 12.8. The van der Waals surface area contributed by atoms with E-state index in [-0.39, 0.29) is 16.8 Å². The highest BCUT2D eigenvalue weighted by molar-refractivity contribution is 8.00. The molecule has 0 bridgehead atoms. The predicted molar refractivity (Wildman–Crippen MR) is 110 cm³/mol. The Bertz CT molecular complexity index is 1070. The Morgan fingerprint density at radius 3 is 2.07 bits per heavy atom. The van der Waals surface area contributed by atoms with E-state index >= 15 is 0 Å². The van der Waals surface area contributed by atoms with Crippen molar-refractivity contribution in [1.82, 2.24) is 0 Å². The van der Waals surface area contributed by atoms with E-state index in [1.165, 1.54) is 17.8 Å². The fourth-order valence-electron chi connectivity index (χ4n) is 2.89. The molecular formula is C22H17F3N2O2S. The number of nitrogen functional groups attached to an aromatic ring is 1. The van der Waals surface area contributed by atoms with E-state index in [9.17, 15) is 22.8 Å². The molecule has 0 saturated carbocycles. The van der Waals surface area contributed by atoms with Gasteiger partial charge < -0.3 is 11.5 Å². The zero-order chi connectivity index (χ0) is 21.9. The third-order valence-electron chi connectivity index (χ3n) is 4.40. The Hall–Kier alpha value is -3.26. The van der Waals surface area contributed by atoms with Crippen LogP contribution in [0.2, 0.25) is 0 Å². The quantitative estimate of drug-likeness (QED) is 0.333. The van der Waals surface area contributed by atoms with Gasteiger partial charge in [0.25, 0.3) is 0 Å². The molecule has 0 radical (unpaired) electrons. The summed E-state index contributed by atoms with van der Waals surface area (Å²) >= 11 is 1.19. The molecule has 1 atom stereocenters. The Kier molecular flexibility index (Phi) is 6.17. The van der Waals surface area contributed by atoms with Crippen LogP contribution in [0.3, 0.4) is 0 Å². The molecule has 0 spiro atoms. The molecule has 154 valence electrons. The summed E-state index contributed by atoms with van der Waals surface area (Å²) in [6.45, 7) is 0. The molecule has 1 unspecified atom stereocenters. The summed E-state index contributed by atoms with van der Waals surface area (Å²) in [5.74, 6) is -1.18. The number of carbonyl (C=O) groups is 2. The number of rotatable bonds is 6. The van der Waals surface area contributed by atoms with Crippen molar-refractivity contribution in [2.45, 2.75) is 16.3 Å². The van der Waals surface area contributed by atoms with Crippen molar-refractivity contribution in [1.29, 1.82) is 0 Å². The minimum atomic E-state index is -4.50. The van der Waals surface area contributed by atoms with Gasteiger partial charge in [-0.2, -0.15) is 13.2 Å². The number of nitrogens with two attached hydrogens (primary N) is 2. The Morgan fingerprint density at radius 1 is 0.867 bits per heavy atom. The molecule has 0 aliphatic carbocycles. The second-order valence-corrected chi connectivity index (χ2v) is 7.60. The largest absolute Gasteiger partial charge is 0.416 e. The van der Waals surface area contributed by atoms with Crippen LogP contribution in [0.5, 0.6) is 0 Å². The summed E-state index contributed by atoms with van der Waals surface area (Å²) in [4.78, 5) is 25.7. The standard InChI is InChI=1S/C22H17F3N2O2S/c23-22(24,25)14-11-9-13(10-12-14)19(28)16-7-4-8-17(18(16)26)20(21(27)29)30-15-5-2-1-3-6-15/h1-12,20H,26H2,(H2,27,29). The van der Waals surface area contributed by atoms with Gasteiger partial charge in [-0.25, -0.2) is 0 Å². The summed E-state index contributed by atoms with van der Waals surface area (Å²) < 4.78 is 38.3. The van der Waals surface area contributed by atoms with Crippen LogP contribution in [0.4, 0.5) is 18.9 Å². The molecule has 0 aliphatic heterocycles. The van der Waals surface area contributed by atoms with E-state index in [2.05, 4.69) is 0 Å². The first-order valence-electron chi connectivity index (χ1n) is 8.80. The molecule has 0 aromatic heterocycles. The zero-order valence-electron chi connectivity index (χ0n) is 15.5. The summed E-state index contributed by atoms with van der Waals surface area (Å²) in [5, 5.41) is -0.840. The van der Waals surface area contributed by atoms with E-state index in [1.54, 1.807) is 12.1 Å². The fourth-order valence-corrected chi connectivity index (χ4v) is 3.92. The van der Waals surface area contributed by atoms with Crippen molar-refractivity contribution < 1.29 is 22.8 Å². The van der Waals surface area contributed by atoms with Crippen molar-refractivity contribution in [3.05, 3.63) is 95.1 Å². The van der Waals surface area contributed by atoms with Gasteiger partial charge in [-0.05, 0) is 35.9 Å². The summed E-state index contributed by atoms with van der Waals surface area (Å²) in [6.07, 6.45) is -4.50. The maximum Gasteiger partial charge on any atom is 0.416 e. The van der Waals surface area contributed by atoms with Gasteiger partial charge in [0.15, 0.2) is 5.78 Å². The molecular weight excluding hydrogens is 413 g/mol. The Labute approximate surface area is 175 Å². The van der Waals surface area contributed by atoms with Gasteiger partial charge in [-0.3, -0.25) is 9.59 Å². The minimum Gasteiger partial charge on any atom is -0.398 e. The highest BCUT2D eigenvalue weighted by Crippen LogP contribution is 2.39. The Morgan fingerprint density at radius 2 is 1.50 bits per heavy atom. The first-order valence-corrected chi connectivity index (χ1v) is 9.68. The van der Waals surface area contributed by atoms with Gasteiger partial charge >= 0.3 is 6.18 Å². The predicted octanol–water partition coefficient (Wildman–Crippen LogP) is 4.84. The number of ketones is 1. The van der Waals surface area contributed by atoms with Gasteiger partial charge in [0, 0.05) is 21.7 Å². The minimum absolute atomic E-state index is 0.0539. The number of amides is 1. The molecule has 0 fully saturated rings. The van der Waals surface area contributed by atoms with E-state index in [0.717, 1.165) is 29.2 Å².